The minimum absolute atomic E-state index is 0.161. The topological polar surface area (TPSA) is 63.9 Å². The van der Waals surface area contributed by atoms with E-state index in [0.29, 0.717) is 23.2 Å². The zero-order valence-electron chi connectivity index (χ0n) is 10.4. The number of H-pyrrole nitrogens is 1. The molecule has 0 aliphatic rings. The summed E-state index contributed by atoms with van der Waals surface area (Å²) in [4.78, 5) is 7.27. The zero-order valence-corrected chi connectivity index (χ0v) is 11.2. The maximum Gasteiger partial charge on any atom is 0.134 e. The molecule has 4 nitrogen and oxygen atoms in total. The molecule has 0 aliphatic carbocycles. The monoisotopic (exact) mass is 265 g/mol. The quantitative estimate of drug-likeness (QED) is 0.893. The van der Waals surface area contributed by atoms with Gasteiger partial charge >= 0.3 is 0 Å². The van der Waals surface area contributed by atoms with Gasteiger partial charge in [0.1, 0.15) is 22.4 Å². The summed E-state index contributed by atoms with van der Waals surface area (Å²) < 4.78 is 5.58. The smallest absolute Gasteiger partial charge is 0.134 e. The molecule has 0 saturated heterocycles. The maximum atomic E-state index is 6.08. The molecule has 0 atom stereocenters. The van der Waals surface area contributed by atoms with E-state index in [9.17, 15) is 0 Å². The van der Waals surface area contributed by atoms with Crippen molar-refractivity contribution in [2.24, 2.45) is 5.73 Å². The van der Waals surface area contributed by atoms with Crippen molar-refractivity contribution in [1.29, 1.82) is 0 Å². The Kier molecular flexibility index (Phi) is 3.89. The third-order valence-corrected chi connectivity index (χ3v) is 2.68. The Morgan fingerprint density at radius 3 is 2.50 bits per heavy atom. The Morgan fingerprint density at radius 2 is 2.00 bits per heavy atom. The van der Waals surface area contributed by atoms with Crippen LogP contribution in [0.5, 0.6) is 5.75 Å². The van der Waals surface area contributed by atoms with E-state index < -0.39 is 0 Å². The highest BCUT2D eigenvalue weighted by Crippen LogP contribution is 2.27. The number of benzene rings is 1. The molecule has 0 saturated carbocycles. The molecule has 0 radical (unpaired) electrons. The van der Waals surface area contributed by atoms with Gasteiger partial charge in [0.05, 0.1) is 12.6 Å². The largest absolute Gasteiger partial charge is 0.491 e. The first-order valence-corrected chi connectivity index (χ1v) is 6.19. The van der Waals surface area contributed by atoms with Crippen LogP contribution >= 0.6 is 11.6 Å². The minimum atomic E-state index is 0.161. The molecule has 1 aromatic carbocycles. The Morgan fingerprint density at radius 1 is 1.33 bits per heavy atom. The number of nitrogens with zero attached hydrogens (tertiary/aromatic N) is 1. The number of ether oxygens (including phenoxy) is 1. The summed E-state index contributed by atoms with van der Waals surface area (Å²) >= 11 is 6.08. The van der Waals surface area contributed by atoms with Crippen molar-refractivity contribution in [3.63, 3.8) is 0 Å². The minimum Gasteiger partial charge on any atom is -0.491 e. The standard InChI is InChI=1S/C13H16ClN3O/c1-8(2)18-10-5-3-9(4-6-10)12-13(14)17-11(7-15)16-12/h3-6,8H,7,15H2,1-2H3,(H,16,17). The second-order valence-corrected chi connectivity index (χ2v) is 4.62. The Labute approximate surface area is 111 Å². The first-order valence-electron chi connectivity index (χ1n) is 5.81. The number of aromatic amines is 1. The van der Waals surface area contributed by atoms with E-state index in [0.717, 1.165) is 11.3 Å². The third-order valence-electron chi connectivity index (χ3n) is 2.40. The van der Waals surface area contributed by atoms with Crippen LogP contribution in [0.3, 0.4) is 0 Å². The van der Waals surface area contributed by atoms with Gasteiger partial charge in [-0.3, -0.25) is 0 Å². The van der Waals surface area contributed by atoms with Gasteiger partial charge in [0, 0.05) is 5.56 Å². The van der Waals surface area contributed by atoms with E-state index in [-0.39, 0.29) is 6.10 Å². The Hall–Kier alpha value is -1.52. The van der Waals surface area contributed by atoms with E-state index in [1.54, 1.807) is 0 Å². The molecule has 0 fully saturated rings. The summed E-state index contributed by atoms with van der Waals surface area (Å²) in [5.41, 5.74) is 7.17. The van der Waals surface area contributed by atoms with Crippen LogP contribution in [0, 0.1) is 0 Å². The van der Waals surface area contributed by atoms with Gasteiger partial charge in [-0.2, -0.15) is 0 Å². The predicted octanol–water partition coefficient (Wildman–Crippen LogP) is 2.98. The maximum absolute atomic E-state index is 6.08. The van der Waals surface area contributed by atoms with E-state index in [4.69, 9.17) is 22.1 Å². The van der Waals surface area contributed by atoms with Crippen molar-refractivity contribution < 1.29 is 4.74 Å². The lowest BCUT2D eigenvalue weighted by molar-refractivity contribution is 0.242. The van der Waals surface area contributed by atoms with Gasteiger partial charge in [-0.1, -0.05) is 11.6 Å². The van der Waals surface area contributed by atoms with Gasteiger partial charge in [0.15, 0.2) is 0 Å². The van der Waals surface area contributed by atoms with Crippen molar-refractivity contribution in [3.8, 4) is 17.0 Å². The second kappa shape index (κ2) is 5.42. The van der Waals surface area contributed by atoms with Crippen LogP contribution in [0.2, 0.25) is 5.15 Å². The summed E-state index contributed by atoms with van der Waals surface area (Å²) in [7, 11) is 0. The molecule has 3 N–H and O–H groups in total. The lowest BCUT2D eigenvalue weighted by Crippen LogP contribution is -2.05. The molecule has 0 spiro atoms. The summed E-state index contributed by atoms with van der Waals surface area (Å²) in [5.74, 6) is 1.51. The third kappa shape index (κ3) is 2.83. The molecule has 0 amide bonds. The van der Waals surface area contributed by atoms with Crippen LogP contribution < -0.4 is 10.5 Å². The van der Waals surface area contributed by atoms with Crippen molar-refractivity contribution >= 4 is 11.6 Å². The van der Waals surface area contributed by atoms with Crippen molar-refractivity contribution in [1.82, 2.24) is 9.97 Å². The molecule has 18 heavy (non-hydrogen) atoms. The van der Waals surface area contributed by atoms with Crippen LogP contribution in [0.4, 0.5) is 0 Å². The molecule has 5 heteroatoms. The lowest BCUT2D eigenvalue weighted by atomic mass is 10.1. The van der Waals surface area contributed by atoms with Crippen LogP contribution in [0.25, 0.3) is 11.3 Å². The number of nitrogens with two attached hydrogens (primary N) is 1. The Balaban J connectivity index is 2.25. The highest BCUT2D eigenvalue weighted by Gasteiger charge is 2.10. The zero-order chi connectivity index (χ0) is 13.1. The number of hydrogen-bond donors (Lipinski definition) is 2. The van der Waals surface area contributed by atoms with Crippen molar-refractivity contribution in [3.05, 3.63) is 35.2 Å². The summed E-state index contributed by atoms with van der Waals surface area (Å²) in [6, 6.07) is 7.67. The van der Waals surface area contributed by atoms with Gasteiger partial charge in [0.25, 0.3) is 0 Å². The van der Waals surface area contributed by atoms with E-state index in [1.807, 2.05) is 38.1 Å². The number of nitrogens with one attached hydrogen (secondary N) is 1. The highest BCUT2D eigenvalue weighted by atomic mass is 35.5. The first kappa shape index (κ1) is 12.9. The number of hydrogen-bond acceptors (Lipinski definition) is 3. The molecule has 96 valence electrons. The van der Waals surface area contributed by atoms with Crippen LogP contribution in [-0.4, -0.2) is 16.1 Å². The second-order valence-electron chi connectivity index (χ2n) is 4.24. The van der Waals surface area contributed by atoms with Gasteiger partial charge in [-0.25, -0.2) is 4.98 Å². The summed E-state index contributed by atoms with van der Waals surface area (Å²) in [6.45, 7) is 4.33. The number of imidazole rings is 1. The number of rotatable bonds is 4. The normalized spacial score (nSPS) is 10.9. The van der Waals surface area contributed by atoms with Crippen LogP contribution in [-0.2, 0) is 6.54 Å². The molecular weight excluding hydrogens is 250 g/mol. The highest BCUT2D eigenvalue weighted by molar-refractivity contribution is 6.31. The molecule has 0 bridgehead atoms. The average molecular weight is 266 g/mol. The number of halogens is 1. The molecule has 2 rings (SSSR count). The average Bonchev–Trinajstić information content (AvgIpc) is 2.71. The molecule has 0 unspecified atom stereocenters. The van der Waals surface area contributed by atoms with Crippen molar-refractivity contribution in [2.45, 2.75) is 26.5 Å². The predicted molar refractivity (Wildman–Crippen MR) is 72.7 cm³/mol. The van der Waals surface area contributed by atoms with Gasteiger partial charge < -0.3 is 15.5 Å². The lowest BCUT2D eigenvalue weighted by Gasteiger charge is -2.09. The fraction of sp³-hybridized carbons (Fsp3) is 0.308. The summed E-state index contributed by atoms with van der Waals surface area (Å²) in [5, 5.41) is 0.507. The van der Waals surface area contributed by atoms with E-state index >= 15 is 0 Å². The first-order chi connectivity index (χ1) is 8.60. The molecule has 1 aromatic heterocycles. The molecule has 0 aliphatic heterocycles. The van der Waals surface area contributed by atoms with Gasteiger partial charge in [0.2, 0.25) is 0 Å². The Bertz CT molecular complexity index is 520. The molecular formula is C13H16ClN3O. The fourth-order valence-electron chi connectivity index (χ4n) is 1.65. The van der Waals surface area contributed by atoms with Crippen LogP contribution in [0.1, 0.15) is 19.7 Å². The van der Waals surface area contributed by atoms with Gasteiger partial charge in [-0.05, 0) is 38.1 Å². The summed E-state index contributed by atoms with van der Waals surface area (Å²) in [6.07, 6.45) is 0.161. The number of aromatic nitrogens is 2. The fourth-order valence-corrected chi connectivity index (χ4v) is 1.91. The van der Waals surface area contributed by atoms with Crippen molar-refractivity contribution in [2.75, 3.05) is 0 Å². The molecule has 2 aromatic rings. The van der Waals surface area contributed by atoms with E-state index in [2.05, 4.69) is 9.97 Å². The SMILES string of the molecule is CC(C)Oc1ccc(-c2nc(CN)[nH]c2Cl)cc1. The van der Waals surface area contributed by atoms with Gasteiger partial charge in [-0.15, -0.1) is 0 Å². The van der Waals surface area contributed by atoms with Crippen LogP contribution in [0.15, 0.2) is 24.3 Å². The van der Waals surface area contributed by atoms with E-state index in [1.165, 1.54) is 0 Å². The molecule has 1 heterocycles.